The number of rotatable bonds is 9. The highest BCUT2D eigenvalue weighted by atomic mass is 16.3. The largest absolute Gasteiger partial charge is 0.374 e. The normalized spacial score (nSPS) is 12.8. The minimum atomic E-state index is -0.413. The van der Waals surface area contributed by atoms with E-state index in [4.69, 9.17) is 0 Å². The second kappa shape index (κ2) is 13.4. The number of aliphatic hydroxyl groups excluding tert-OH is 1. The Morgan fingerprint density at radius 2 is 1.35 bits per heavy atom. The molecule has 144 valence electrons. The van der Waals surface area contributed by atoms with Gasteiger partial charge in [-0.1, -0.05) is 68.4 Å². The van der Waals surface area contributed by atoms with E-state index in [2.05, 4.69) is 42.8 Å². The number of para-hydroxylation sites is 1. The third kappa shape index (κ3) is 8.50. The maximum atomic E-state index is 10.3. The molecular formula is C23H36N2O. The Morgan fingerprint density at radius 1 is 0.846 bits per heavy atom. The lowest BCUT2D eigenvalue weighted by Crippen LogP contribution is -2.43. The summed E-state index contributed by atoms with van der Waals surface area (Å²) < 4.78 is 0. The minimum Gasteiger partial charge on any atom is -0.374 e. The SMILES string of the molecule is CCCN(C)CCC(C)N(c1ccccc1)C(O)CC.c1ccccc1. The molecule has 2 aromatic rings. The Morgan fingerprint density at radius 3 is 1.81 bits per heavy atom. The fourth-order valence-electron chi connectivity index (χ4n) is 2.94. The number of hydrogen-bond donors (Lipinski definition) is 1. The van der Waals surface area contributed by atoms with Crippen molar-refractivity contribution >= 4 is 5.69 Å². The van der Waals surface area contributed by atoms with Crippen LogP contribution < -0.4 is 4.90 Å². The first kappa shape index (κ1) is 22.2. The van der Waals surface area contributed by atoms with Crippen molar-refractivity contribution in [3.05, 3.63) is 66.7 Å². The van der Waals surface area contributed by atoms with Crippen LogP contribution in [0.15, 0.2) is 66.7 Å². The second-order valence-electron chi connectivity index (χ2n) is 6.73. The Kier molecular flexibility index (Phi) is 11.4. The molecule has 2 rings (SSSR count). The summed E-state index contributed by atoms with van der Waals surface area (Å²) in [6.07, 6.45) is 2.57. The van der Waals surface area contributed by atoms with Crippen molar-refractivity contribution < 1.29 is 5.11 Å². The van der Waals surface area contributed by atoms with Crippen molar-refractivity contribution in [2.45, 2.75) is 52.3 Å². The van der Waals surface area contributed by atoms with Gasteiger partial charge in [-0.2, -0.15) is 0 Å². The van der Waals surface area contributed by atoms with Crippen molar-refractivity contribution in [2.24, 2.45) is 0 Å². The highest BCUT2D eigenvalue weighted by Crippen LogP contribution is 2.21. The predicted octanol–water partition coefficient (Wildman–Crippen LogP) is 5.03. The van der Waals surface area contributed by atoms with E-state index < -0.39 is 6.23 Å². The monoisotopic (exact) mass is 356 g/mol. The van der Waals surface area contributed by atoms with E-state index in [0.717, 1.165) is 31.6 Å². The summed E-state index contributed by atoms with van der Waals surface area (Å²) in [6.45, 7) is 8.63. The molecule has 0 radical (unpaired) electrons. The molecule has 0 bridgehead atoms. The Bertz CT molecular complexity index is 520. The molecule has 0 aliphatic heterocycles. The summed E-state index contributed by atoms with van der Waals surface area (Å²) in [5.74, 6) is 0. The first-order valence-corrected chi connectivity index (χ1v) is 9.80. The van der Waals surface area contributed by atoms with Crippen molar-refractivity contribution in [1.82, 2.24) is 4.90 Å². The topological polar surface area (TPSA) is 26.7 Å². The molecule has 3 nitrogen and oxygen atoms in total. The van der Waals surface area contributed by atoms with Gasteiger partial charge in [-0.25, -0.2) is 0 Å². The van der Waals surface area contributed by atoms with Gasteiger partial charge >= 0.3 is 0 Å². The van der Waals surface area contributed by atoms with Crippen LogP contribution in [0.3, 0.4) is 0 Å². The van der Waals surface area contributed by atoms with Crippen LogP contribution in [0.25, 0.3) is 0 Å². The van der Waals surface area contributed by atoms with E-state index >= 15 is 0 Å². The van der Waals surface area contributed by atoms with Crippen LogP contribution in [0, 0.1) is 0 Å². The third-order valence-electron chi connectivity index (χ3n) is 4.42. The van der Waals surface area contributed by atoms with Gasteiger partial charge in [0.2, 0.25) is 0 Å². The van der Waals surface area contributed by atoms with Crippen molar-refractivity contribution in [1.29, 1.82) is 0 Å². The molecule has 0 amide bonds. The third-order valence-corrected chi connectivity index (χ3v) is 4.42. The maximum absolute atomic E-state index is 10.3. The van der Waals surface area contributed by atoms with Gasteiger partial charge < -0.3 is 14.9 Å². The average molecular weight is 357 g/mol. The van der Waals surface area contributed by atoms with Gasteiger partial charge in [0.15, 0.2) is 0 Å². The predicted molar refractivity (Wildman–Crippen MR) is 114 cm³/mol. The summed E-state index contributed by atoms with van der Waals surface area (Å²) >= 11 is 0. The number of anilines is 1. The molecule has 0 aliphatic rings. The molecule has 2 aromatic carbocycles. The second-order valence-corrected chi connectivity index (χ2v) is 6.73. The lowest BCUT2D eigenvalue weighted by molar-refractivity contribution is 0.151. The van der Waals surface area contributed by atoms with Crippen LogP contribution in [0.2, 0.25) is 0 Å². The van der Waals surface area contributed by atoms with Gasteiger partial charge in [0, 0.05) is 11.7 Å². The Labute approximate surface area is 160 Å². The number of nitrogens with zero attached hydrogens (tertiary/aromatic N) is 2. The van der Waals surface area contributed by atoms with Gasteiger partial charge in [0.1, 0.15) is 6.23 Å². The molecule has 2 atom stereocenters. The van der Waals surface area contributed by atoms with E-state index in [-0.39, 0.29) is 0 Å². The first-order valence-electron chi connectivity index (χ1n) is 9.80. The molecule has 0 saturated heterocycles. The van der Waals surface area contributed by atoms with E-state index in [9.17, 15) is 5.11 Å². The van der Waals surface area contributed by atoms with Gasteiger partial charge in [-0.15, -0.1) is 0 Å². The lowest BCUT2D eigenvalue weighted by atomic mass is 10.1. The standard InChI is InChI=1S/C17H30N2O.C6H6/c1-5-13-18(4)14-12-15(3)19(17(20)6-2)16-10-8-7-9-11-16;1-2-4-6-5-3-1/h7-11,15,17,20H,5-6,12-14H2,1-4H3;1-6H. The molecule has 0 fully saturated rings. The van der Waals surface area contributed by atoms with E-state index in [1.54, 1.807) is 0 Å². The van der Waals surface area contributed by atoms with Crippen molar-refractivity contribution in [3.63, 3.8) is 0 Å². The van der Waals surface area contributed by atoms with Crippen molar-refractivity contribution in [2.75, 3.05) is 25.0 Å². The molecule has 0 heterocycles. The summed E-state index contributed by atoms with van der Waals surface area (Å²) in [4.78, 5) is 4.50. The number of benzene rings is 2. The highest BCUT2D eigenvalue weighted by molar-refractivity contribution is 5.47. The van der Waals surface area contributed by atoms with Gasteiger partial charge in [0.05, 0.1) is 0 Å². The molecule has 26 heavy (non-hydrogen) atoms. The molecule has 1 N–H and O–H groups in total. The number of aliphatic hydroxyl groups is 1. The molecule has 0 saturated carbocycles. The van der Waals surface area contributed by atoms with Crippen LogP contribution in [-0.2, 0) is 0 Å². The van der Waals surface area contributed by atoms with E-state index in [1.807, 2.05) is 61.5 Å². The molecule has 0 aliphatic carbocycles. The van der Waals surface area contributed by atoms with Crippen LogP contribution in [0.4, 0.5) is 5.69 Å². The smallest absolute Gasteiger partial charge is 0.126 e. The van der Waals surface area contributed by atoms with Crippen LogP contribution in [0.5, 0.6) is 0 Å². The van der Waals surface area contributed by atoms with Gasteiger partial charge in [-0.3, -0.25) is 0 Å². The van der Waals surface area contributed by atoms with Crippen LogP contribution in [-0.4, -0.2) is 42.4 Å². The fraction of sp³-hybridized carbons (Fsp3) is 0.478. The lowest BCUT2D eigenvalue weighted by Gasteiger charge is -2.36. The summed E-state index contributed by atoms with van der Waals surface area (Å²) in [7, 11) is 2.17. The summed E-state index contributed by atoms with van der Waals surface area (Å²) in [5, 5.41) is 10.3. The summed E-state index contributed by atoms with van der Waals surface area (Å²) in [5.41, 5.74) is 1.10. The van der Waals surface area contributed by atoms with Crippen LogP contribution >= 0.6 is 0 Å². The Hall–Kier alpha value is -1.84. The van der Waals surface area contributed by atoms with Crippen LogP contribution in [0.1, 0.15) is 40.0 Å². The van der Waals surface area contributed by atoms with Gasteiger partial charge in [0.25, 0.3) is 0 Å². The average Bonchev–Trinajstić information content (AvgIpc) is 2.69. The molecule has 2 unspecified atom stereocenters. The van der Waals surface area contributed by atoms with E-state index in [1.165, 1.54) is 6.42 Å². The van der Waals surface area contributed by atoms with E-state index in [0.29, 0.717) is 6.04 Å². The molecule has 0 aromatic heterocycles. The maximum Gasteiger partial charge on any atom is 0.126 e. The zero-order valence-corrected chi connectivity index (χ0v) is 16.9. The number of hydrogen-bond acceptors (Lipinski definition) is 3. The minimum absolute atomic E-state index is 0.326. The fourth-order valence-corrected chi connectivity index (χ4v) is 2.94. The zero-order chi connectivity index (χ0) is 19.2. The zero-order valence-electron chi connectivity index (χ0n) is 16.9. The molecular weight excluding hydrogens is 320 g/mol. The molecule has 3 heteroatoms. The van der Waals surface area contributed by atoms with Crippen molar-refractivity contribution in [3.8, 4) is 0 Å². The van der Waals surface area contributed by atoms with Gasteiger partial charge in [-0.05, 0) is 58.5 Å². The quantitative estimate of drug-likeness (QED) is 0.639. The Balaban J connectivity index is 0.000000472. The highest BCUT2D eigenvalue weighted by Gasteiger charge is 2.20. The summed E-state index contributed by atoms with van der Waals surface area (Å²) in [6, 6.07) is 22.5. The first-order chi connectivity index (χ1) is 12.6. The molecule has 0 spiro atoms.